The van der Waals surface area contributed by atoms with Gasteiger partial charge >= 0.3 is 25.7 Å². The summed E-state index contributed by atoms with van der Waals surface area (Å²) in [5, 5.41) is 8.89. The zero-order valence-corrected chi connectivity index (χ0v) is 36.1. The van der Waals surface area contributed by atoms with E-state index in [2.05, 4.69) is 54.8 Å². The summed E-state index contributed by atoms with van der Waals surface area (Å²) < 4.78 is 32.7. The standard InChI is InChI=1S/C44H80NO10P/c1-3-5-7-9-11-13-15-17-19-20-22-23-25-27-29-31-33-35-42(46)52-37-40(38-53-56(50,51)54-39-41(45)44(48)49)55-43(47)36-34-32-30-28-26-24-21-18-16-14-12-10-8-6-4-2/h11,13,17,19,22-23,40-41H,3-10,12,14-16,18,20-21,24-39,45H2,1-2H3,(H,48,49)(H,50,51)/b13-11+,19-17+,23-22+/t40-,41+/m1/s1. The summed E-state index contributed by atoms with van der Waals surface area (Å²) in [5.74, 6) is -2.40. The molecule has 0 saturated heterocycles. The van der Waals surface area contributed by atoms with Crippen molar-refractivity contribution in [3.8, 4) is 0 Å². The molecule has 1 unspecified atom stereocenters. The number of esters is 2. The molecule has 3 atom stereocenters. The van der Waals surface area contributed by atoms with Crippen molar-refractivity contribution in [2.75, 3.05) is 19.8 Å². The molecule has 0 saturated carbocycles. The summed E-state index contributed by atoms with van der Waals surface area (Å²) in [7, 11) is -4.72. The number of unbranched alkanes of at least 4 members (excludes halogenated alkanes) is 21. The molecule has 11 nitrogen and oxygen atoms in total. The topological polar surface area (TPSA) is 172 Å². The number of carboxylic acid groups (broad SMARTS) is 1. The SMILES string of the molecule is CCCCC/C=C/C/C=C/C/C=C/CCCCCCC(=O)OC[C@H](COP(=O)(O)OC[C@H](N)C(=O)O)OC(=O)CCCCCCCCCCCCCCCCC. The number of carbonyl (C=O) groups is 3. The van der Waals surface area contributed by atoms with Crippen LogP contribution in [0.2, 0.25) is 0 Å². The van der Waals surface area contributed by atoms with Crippen LogP contribution < -0.4 is 5.73 Å². The number of carbonyl (C=O) groups excluding carboxylic acids is 2. The van der Waals surface area contributed by atoms with Gasteiger partial charge in [-0.2, -0.15) is 0 Å². The van der Waals surface area contributed by atoms with Gasteiger partial charge in [-0.1, -0.05) is 166 Å². The first-order valence-corrected chi connectivity index (χ1v) is 23.5. The molecule has 326 valence electrons. The van der Waals surface area contributed by atoms with Gasteiger partial charge in [0.15, 0.2) is 6.10 Å². The Hall–Kier alpha value is -2.30. The number of hydrogen-bond donors (Lipinski definition) is 3. The minimum Gasteiger partial charge on any atom is -0.480 e. The van der Waals surface area contributed by atoms with Crippen molar-refractivity contribution >= 4 is 25.7 Å². The van der Waals surface area contributed by atoms with Gasteiger partial charge in [-0.15, -0.1) is 0 Å². The molecule has 0 amide bonds. The number of rotatable bonds is 41. The van der Waals surface area contributed by atoms with Crippen LogP contribution in [0.3, 0.4) is 0 Å². The number of allylic oxidation sites excluding steroid dienone is 6. The fourth-order valence-electron chi connectivity index (χ4n) is 5.90. The third-order valence-electron chi connectivity index (χ3n) is 9.39. The van der Waals surface area contributed by atoms with Gasteiger partial charge in [-0.05, 0) is 51.4 Å². The van der Waals surface area contributed by atoms with Crippen molar-refractivity contribution in [2.24, 2.45) is 5.73 Å². The Bertz CT molecular complexity index is 1100. The summed E-state index contributed by atoms with van der Waals surface area (Å²) >= 11 is 0. The number of phosphoric acid groups is 1. The highest BCUT2D eigenvalue weighted by Gasteiger charge is 2.28. The van der Waals surface area contributed by atoms with Crippen LogP contribution in [-0.2, 0) is 37.5 Å². The molecular weight excluding hydrogens is 733 g/mol. The zero-order valence-electron chi connectivity index (χ0n) is 35.2. The van der Waals surface area contributed by atoms with E-state index in [1.54, 1.807) is 0 Å². The number of phosphoric ester groups is 1. The lowest BCUT2D eigenvalue weighted by molar-refractivity contribution is -0.161. The van der Waals surface area contributed by atoms with E-state index < -0.39 is 51.1 Å². The lowest BCUT2D eigenvalue weighted by Gasteiger charge is -2.20. The van der Waals surface area contributed by atoms with Crippen molar-refractivity contribution in [1.29, 1.82) is 0 Å². The molecule has 0 rings (SSSR count). The van der Waals surface area contributed by atoms with Gasteiger partial charge in [0.2, 0.25) is 0 Å². The highest BCUT2D eigenvalue weighted by atomic mass is 31.2. The Labute approximate surface area is 340 Å². The van der Waals surface area contributed by atoms with Crippen molar-refractivity contribution < 1.29 is 47.5 Å². The first-order chi connectivity index (χ1) is 27.1. The predicted octanol–water partition coefficient (Wildman–Crippen LogP) is 11.6. The van der Waals surface area contributed by atoms with E-state index in [0.717, 1.165) is 57.8 Å². The van der Waals surface area contributed by atoms with Crippen LogP contribution in [0.15, 0.2) is 36.5 Å². The Morgan fingerprint density at radius 2 is 0.946 bits per heavy atom. The molecule has 0 aliphatic heterocycles. The maximum Gasteiger partial charge on any atom is 0.472 e. The monoisotopic (exact) mass is 814 g/mol. The summed E-state index contributed by atoms with van der Waals surface area (Å²) in [6, 6.07) is -1.52. The molecule has 12 heteroatoms. The molecule has 0 aromatic rings. The van der Waals surface area contributed by atoms with Crippen molar-refractivity contribution in [2.45, 2.75) is 206 Å². The quantitative estimate of drug-likeness (QED) is 0.0232. The van der Waals surface area contributed by atoms with Gasteiger partial charge in [-0.25, -0.2) is 4.57 Å². The molecule has 56 heavy (non-hydrogen) atoms. The first-order valence-electron chi connectivity index (χ1n) is 22.0. The van der Waals surface area contributed by atoms with Gasteiger partial charge in [0.05, 0.1) is 13.2 Å². The van der Waals surface area contributed by atoms with Crippen LogP contribution in [0.1, 0.15) is 194 Å². The van der Waals surface area contributed by atoms with Gasteiger partial charge < -0.3 is 25.2 Å². The summed E-state index contributed by atoms with van der Waals surface area (Å²) in [6.45, 7) is 2.76. The molecule has 0 radical (unpaired) electrons. The van der Waals surface area contributed by atoms with Gasteiger partial charge in [-0.3, -0.25) is 23.4 Å². The number of hydrogen-bond acceptors (Lipinski definition) is 9. The second-order valence-corrected chi connectivity index (χ2v) is 16.3. The van der Waals surface area contributed by atoms with Gasteiger partial charge in [0.25, 0.3) is 0 Å². The number of ether oxygens (including phenoxy) is 2. The van der Waals surface area contributed by atoms with E-state index in [1.165, 1.54) is 96.3 Å². The average Bonchev–Trinajstić information content (AvgIpc) is 3.17. The first kappa shape index (κ1) is 53.7. The smallest absolute Gasteiger partial charge is 0.472 e. The van der Waals surface area contributed by atoms with Crippen LogP contribution in [0.4, 0.5) is 0 Å². The fraction of sp³-hybridized carbons (Fsp3) is 0.795. The van der Waals surface area contributed by atoms with E-state index >= 15 is 0 Å². The molecule has 0 heterocycles. The van der Waals surface area contributed by atoms with Crippen molar-refractivity contribution in [1.82, 2.24) is 0 Å². The largest absolute Gasteiger partial charge is 0.480 e. The fourth-order valence-corrected chi connectivity index (χ4v) is 6.67. The third-order valence-corrected chi connectivity index (χ3v) is 10.3. The zero-order chi connectivity index (χ0) is 41.4. The molecule has 0 bridgehead atoms. The number of aliphatic carboxylic acids is 1. The van der Waals surface area contributed by atoms with E-state index in [1.807, 2.05) is 0 Å². The normalized spacial score (nSPS) is 14.1. The Balaban J connectivity index is 4.39. The van der Waals surface area contributed by atoms with E-state index in [-0.39, 0.29) is 19.4 Å². The Kier molecular flexibility index (Phi) is 37.9. The average molecular weight is 814 g/mol. The molecule has 0 aliphatic rings. The van der Waals surface area contributed by atoms with Crippen LogP contribution in [0.25, 0.3) is 0 Å². The van der Waals surface area contributed by atoms with Crippen LogP contribution in [0.5, 0.6) is 0 Å². The maximum atomic E-state index is 12.6. The van der Waals surface area contributed by atoms with E-state index in [0.29, 0.717) is 12.8 Å². The minimum absolute atomic E-state index is 0.159. The summed E-state index contributed by atoms with van der Waals surface area (Å²) in [4.78, 5) is 45.9. The Morgan fingerprint density at radius 3 is 1.45 bits per heavy atom. The molecule has 4 N–H and O–H groups in total. The highest BCUT2D eigenvalue weighted by Crippen LogP contribution is 2.43. The molecule has 0 spiro atoms. The highest BCUT2D eigenvalue weighted by molar-refractivity contribution is 7.47. The van der Waals surface area contributed by atoms with E-state index in [4.69, 9.17) is 24.8 Å². The Morgan fingerprint density at radius 1 is 0.554 bits per heavy atom. The van der Waals surface area contributed by atoms with Gasteiger partial charge in [0, 0.05) is 12.8 Å². The van der Waals surface area contributed by atoms with Crippen molar-refractivity contribution in [3.05, 3.63) is 36.5 Å². The van der Waals surface area contributed by atoms with Crippen LogP contribution >= 0.6 is 7.82 Å². The molecule has 0 fully saturated rings. The molecule has 0 aromatic heterocycles. The summed E-state index contributed by atoms with van der Waals surface area (Å²) in [5.41, 5.74) is 5.33. The molecule has 0 aromatic carbocycles. The lowest BCUT2D eigenvalue weighted by Crippen LogP contribution is -2.34. The summed E-state index contributed by atoms with van der Waals surface area (Å²) in [6.07, 6.45) is 42.0. The third kappa shape index (κ3) is 38.6. The van der Waals surface area contributed by atoms with Gasteiger partial charge in [0.1, 0.15) is 12.6 Å². The predicted molar refractivity (Wildman–Crippen MR) is 226 cm³/mol. The second kappa shape index (κ2) is 39.5. The minimum atomic E-state index is -4.72. The van der Waals surface area contributed by atoms with Crippen LogP contribution in [-0.4, -0.2) is 59.9 Å². The maximum absolute atomic E-state index is 12.6. The van der Waals surface area contributed by atoms with Crippen molar-refractivity contribution in [3.63, 3.8) is 0 Å². The molecular formula is C44H80NO10P. The lowest BCUT2D eigenvalue weighted by atomic mass is 10.0. The molecule has 0 aliphatic carbocycles. The van der Waals surface area contributed by atoms with Crippen LogP contribution in [0, 0.1) is 0 Å². The van der Waals surface area contributed by atoms with E-state index in [9.17, 15) is 23.8 Å². The number of carboxylic acids is 1. The second-order valence-electron chi connectivity index (χ2n) is 14.8. The number of nitrogens with two attached hydrogens (primary N) is 1.